The van der Waals surface area contributed by atoms with E-state index in [2.05, 4.69) is 27.2 Å². The predicted molar refractivity (Wildman–Crippen MR) is 132 cm³/mol. The minimum absolute atomic E-state index is 0. The Bertz CT molecular complexity index is 1620. The summed E-state index contributed by atoms with van der Waals surface area (Å²) in [4.78, 5) is 7.85. The number of hydrogen-bond donors (Lipinski definition) is 0. The van der Waals surface area contributed by atoms with Gasteiger partial charge in [-0.2, -0.15) is 36.5 Å². The SMILES string of the molecule is CC(C)(c1cc(Oc2ccccc2)cc(-c2[c-]cc(F)nc2F)n1)c1ccn(-c2[c-]cc(C(F)(F)F)cc2)n1.[Pt+2]. The van der Waals surface area contributed by atoms with Crippen LogP contribution in [0.3, 0.4) is 0 Å². The van der Waals surface area contributed by atoms with Gasteiger partial charge in [-0.1, -0.05) is 35.4 Å². The van der Waals surface area contributed by atoms with Gasteiger partial charge in [0.25, 0.3) is 0 Å². The molecule has 40 heavy (non-hydrogen) atoms. The largest absolute Gasteiger partial charge is 2.00 e. The zero-order chi connectivity index (χ0) is 27.8. The molecule has 5 rings (SSSR count). The molecule has 0 unspecified atom stereocenters. The van der Waals surface area contributed by atoms with Gasteiger partial charge in [-0.15, -0.1) is 12.1 Å². The molecule has 5 nitrogen and oxygen atoms in total. The minimum Gasteiger partial charge on any atom is -0.458 e. The molecule has 0 saturated heterocycles. The molecule has 11 heteroatoms. The molecule has 2 aromatic carbocycles. The molecule has 3 aromatic heterocycles. The summed E-state index contributed by atoms with van der Waals surface area (Å²) in [7, 11) is 0. The van der Waals surface area contributed by atoms with E-state index in [1.807, 2.05) is 19.9 Å². The second-order valence-corrected chi connectivity index (χ2v) is 9.11. The van der Waals surface area contributed by atoms with Crippen LogP contribution in [0, 0.1) is 24.0 Å². The van der Waals surface area contributed by atoms with Crippen molar-refractivity contribution in [3.05, 3.63) is 120 Å². The summed E-state index contributed by atoms with van der Waals surface area (Å²) in [5.41, 5.74) is -0.452. The fourth-order valence-electron chi connectivity index (χ4n) is 3.85. The van der Waals surface area contributed by atoms with Crippen molar-refractivity contribution < 1.29 is 47.8 Å². The summed E-state index contributed by atoms with van der Waals surface area (Å²) < 4.78 is 74.2. The van der Waals surface area contributed by atoms with Crippen LogP contribution in [0.15, 0.2) is 79.0 Å². The van der Waals surface area contributed by atoms with Crippen molar-refractivity contribution >= 4 is 0 Å². The van der Waals surface area contributed by atoms with Gasteiger partial charge in [0.2, 0.25) is 0 Å². The van der Waals surface area contributed by atoms with Crippen LogP contribution in [0.5, 0.6) is 11.5 Å². The van der Waals surface area contributed by atoms with E-state index in [1.54, 1.807) is 42.6 Å². The Hall–Kier alpha value is -3.91. The van der Waals surface area contributed by atoms with Crippen LogP contribution in [-0.2, 0) is 32.7 Å². The molecular formula is C29H19F5N4OPt. The second kappa shape index (κ2) is 11.3. The van der Waals surface area contributed by atoms with Crippen molar-refractivity contribution in [2.75, 3.05) is 0 Å². The number of benzene rings is 2. The fraction of sp³-hybridized carbons (Fsp3) is 0.138. The van der Waals surface area contributed by atoms with Crippen molar-refractivity contribution in [1.82, 2.24) is 19.7 Å². The van der Waals surface area contributed by atoms with Crippen molar-refractivity contribution in [2.24, 2.45) is 0 Å². The molecule has 0 atom stereocenters. The van der Waals surface area contributed by atoms with E-state index in [0.717, 1.165) is 18.2 Å². The van der Waals surface area contributed by atoms with Gasteiger partial charge in [-0.05, 0) is 49.5 Å². The summed E-state index contributed by atoms with van der Waals surface area (Å²) >= 11 is 0. The molecule has 206 valence electrons. The van der Waals surface area contributed by atoms with Crippen molar-refractivity contribution in [1.29, 1.82) is 0 Å². The topological polar surface area (TPSA) is 52.8 Å². The first-order valence-electron chi connectivity index (χ1n) is 11.7. The molecule has 0 N–H and O–H groups in total. The van der Waals surface area contributed by atoms with Crippen LogP contribution in [-0.4, -0.2) is 19.7 Å². The first-order chi connectivity index (χ1) is 18.5. The smallest absolute Gasteiger partial charge is 0.458 e. The standard InChI is InChI=1S/C29H19F5N4O.Pt/c1-28(2,24-14-15-38(37-24)19-10-8-18(9-11-19)29(32,33)34)25-17-21(39-20-6-4-3-5-7-20)16-23(35-25)22-12-13-26(30)36-27(22)31;/h3-10,13-17H,1-2H3;/q-2;+2. The van der Waals surface area contributed by atoms with Gasteiger partial charge < -0.3 is 4.74 Å². The molecule has 0 aliphatic carbocycles. The Kier molecular flexibility index (Phi) is 8.21. The summed E-state index contributed by atoms with van der Waals surface area (Å²) in [6, 6.07) is 22.9. The van der Waals surface area contributed by atoms with Crippen LogP contribution in [0.2, 0.25) is 0 Å². The van der Waals surface area contributed by atoms with Crippen LogP contribution in [0.1, 0.15) is 30.8 Å². The Morgan fingerprint density at radius 2 is 1.57 bits per heavy atom. The summed E-state index contributed by atoms with van der Waals surface area (Å²) in [6.45, 7) is 3.66. The fourth-order valence-corrected chi connectivity index (χ4v) is 3.85. The summed E-state index contributed by atoms with van der Waals surface area (Å²) in [5.74, 6) is -1.23. The van der Waals surface area contributed by atoms with E-state index in [-0.39, 0.29) is 32.3 Å². The number of aromatic nitrogens is 4. The van der Waals surface area contributed by atoms with E-state index in [1.165, 1.54) is 16.8 Å². The second-order valence-electron chi connectivity index (χ2n) is 9.11. The van der Waals surface area contributed by atoms with E-state index < -0.39 is 29.1 Å². The Morgan fingerprint density at radius 1 is 0.825 bits per heavy atom. The average molecular weight is 730 g/mol. The van der Waals surface area contributed by atoms with Gasteiger partial charge in [0.05, 0.1) is 11.1 Å². The Labute approximate surface area is 240 Å². The number of alkyl halides is 3. The number of pyridine rings is 2. The van der Waals surface area contributed by atoms with Gasteiger partial charge in [-0.3, -0.25) is 14.6 Å². The molecule has 0 aliphatic rings. The van der Waals surface area contributed by atoms with E-state index >= 15 is 0 Å². The van der Waals surface area contributed by atoms with E-state index in [9.17, 15) is 22.0 Å². The number of para-hydroxylation sites is 1. The number of rotatable bonds is 6. The normalized spacial score (nSPS) is 11.7. The van der Waals surface area contributed by atoms with Crippen LogP contribution in [0.4, 0.5) is 22.0 Å². The first kappa shape index (κ1) is 29.1. The minimum atomic E-state index is -4.47. The quantitative estimate of drug-likeness (QED) is 0.104. The van der Waals surface area contributed by atoms with Crippen molar-refractivity contribution in [3.63, 3.8) is 0 Å². The third-order valence-corrected chi connectivity index (χ3v) is 6.02. The van der Waals surface area contributed by atoms with Gasteiger partial charge >= 0.3 is 27.2 Å². The van der Waals surface area contributed by atoms with E-state index in [0.29, 0.717) is 28.6 Å². The summed E-state index contributed by atoms with van der Waals surface area (Å²) in [5, 5.41) is 4.55. The third-order valence-electron chi connectivity index (χ3n) is 6.02. The molecule has 0 aliphatic heterocycles. The number of hydrogen-bond acceptors (Lipinski definition) is 4. The molecule has 0 spiro atoms. The maximum atomic E-state index is 14.6. The first-order valence-corrected chi connectivity index (χ1v) is 11.7. The van der Waals surface area contributed by atoms with E-state index in [4.69, 9.17) is 4.74 Å². The molecule has 5 aromatic rings. The molecule has 3 heterocycles. The monoisotopic (exact) mass is 729 g/mol. The zero-order valence-corrected chi connectivity index (χ0v) is 23.2. The summed E-state index contributed by atoms with van der Waals surface area (Å²) in [6.07, 6.45) is -2.88. The average Bonchev–Trinajstić information content (AvgIpc) is 3.40. The van der Waals surface area contributed by atoms with Gasteiger partial charge in [0.1, 0.15) is 23.4 Å². The predicted octanol–water partition coefficient (Wildman–Crippen LogP) is 7.34. The number of ether oxygens (including phenoxy) is 1. The number of nitrogens with zero attached hydrogens (tertiary/aromatic N) is 4. The maximum Gasteiger partial charge on any atom is 2.00 e. The molecule has 0 radical (unpaired) electrons. The van der Waals surface area contributed by atoms with Crippen LogP contribution >= 0.6 is 0 Å². The zero-order valence-electron chi connectivity index (χ0n) is 20.9. The molecule has 0 fully saturated rings. The third kappa shape index (κ3) is 6.12. The van der Waals surface area contributed by atoms with Crippen molar-refractivity contribution in [2.45, 2.75) is 25.4 Å². The van der Waals surface area contributed by atoms with Crippen LogP contribution < -0.4 is 4.74 Å². The molecule has 0 saturated carbocycles. The molecular weight excluding hydrogens is 710 g/mol. The maximum absolute atomic E-state index is 14.6. The molecule has 0 bridgehead atoms. The van der Waals surface area contributed by atoms with Gasteiger partial charge in [0.15, 0.2) is 0 Å². The molecule has 0 amide bonds. The van der Waals surface area contributed by atoms with Crippen molar-refractivity contribution in [3.8, 4) is 28.4 Å². The van der Waals surface area contributed by atoms with Gasteiger partial charge in [-0.25, -0.2) is 8.78 Å². The van der Waals surface area contributed by atoms with Gasteiger partial charge in [0, 0.05) is 18.0 Å². The van der Waals surface area contributed by atoms with Crippen LogP contribution in [0.25, 0.3) is 16.9 Å². The number of halogens is 5. The Morgan fingerprint density at radius 3 is 2.23 bits per heavy atom. The Balaban J connectivity index is 0.00000370.